The zero-order valence-electron chi connectivity index (χ0n) is 17.5. The smallest absolute Gasteiger partial charge is 0.220 e. The van der Waals surface area contributed by atoms with Crippen molar-refractivity contribution >= 4 is 16.0 Å². The van der Waals surface area contributed by atoms with Gasteiger partial charge in [0.05, 0.1) is 18.9 Å². The highest BCUT2D eigenvalue weighted by Gasteiger charge is 2.29. The van der Waals surface area contributed by atoms with Crippen molar-refractivity contribution in [2.75, 3.05) is 59.5 Å². The molecule has 0 saturated carbocycles. The minimum atomic E-state index is -3.40. The third-order valence-electron chi connectivity index (χ3n) is 5.51. The first kappa shape index (κ1) is 22.0. The number of hydrogen-bond acceptors (Lipinski definition) is 7. The van der Waals surface area contributed by atoms with Gasteiger partial charge in [-0.2, -0.15) is 4.31 Å². The van der Waals surface area contributed by atoms with Crippen molar-refractivity contribution in [1.29, 1.82) is 0 Å². The highest BCUT2D eigenvalue weighted by atomic mass is 32.2. The Kier molecular flexibility index (Phi) is 7.49. The van der Waals surface area contributed by atoms with Crippen LogP contribution < -0.4 is 5.32 Å². The van der Waals surface area contributed by atoms with E-state index in [0.717, 1.165) is 32.3 Å². The Hall–Kier alpha value is -1.69. The topological polar surface area (TPSA) is 104 Å². The third kappa shape index (κ3) is 5.68. The molecule has 11 heteroatoms. The van der Waals surface area contributed by atoms with Crippen molar-refractivity contribution in [3.05, 3.63) is 18.0 Å². The summed E-state index contributed by atoms with van der Waals surface area (Å²) in [6.45, 7) is 9.69. The molecule has 0 spiro atoms. The average Bonchev–Trinajstić information content (AvgIpc) is 3.21. The SMILES string of the molecule is CN=C(NCC(C)N1CCOCC1C)N1CCN(S(=O)(=O)Cc2ccon2)CC1. The van der Waals surface area contributed by atoms with Gasteiger partial charge in [0.2, 0.25) is 10.0 Å². The maximum Gasteiger partial charge on any atom is 0.220 e. The predicted molar refractivity (Wildman–Crippen MR) is 110 cm³/mol. The van der Waals surface area contributed by atoms with E-state index in [2.05, 4.69) is 39.1 Å². The average molecular weight is 429 g/mol. The first-order valence-electron chi connectivity index (χ1n) is 10.1. The Balaban J connectivity index is 1.48. The summed E-state index contributed by atoms with van der Waals surface area (Å²) in [6.07, 6.45) is 1.39. The fourth-order valence-electron chi connectivity index (χ4n) is 3.85. The quantitative estimate of drug-likeness (QED) is 0.491. The van der Waals surface area contributed by atoms with E-state index in [1.54, 1.807) is 13.1 Å². The number of morpholine rings is 1. The molecule has 0 aliphatic carbocycles. The van der Waals surface area contributed by atoms with Crippen LogP contribution in [0.15, 0.2) is 21.8 Å². The normalized spacial score (nSPS) is 23.9. The van der Waals surface area contributed by atoms with Crippen molar-refractivity contribution in [1.82, 2.24) is 24.6 Å². The van der Waals surface area contributed by atoms with Crippen LogP contribution in [0.4, 0.5) is 0 Å². The van der Waals surface area contributed by atoms with E-state index in [1.807, 2.05) is 0 Å². The van der Waals surface area contributed by atoms with Crippen LogP contribution in [0.1, 0.15) is 19.5 Å². The first-order chi connectivity index (χ1) is 13.9. The van der Waals surface area contributed by atoms with E-state index in [-0.39, 0.29) is 5.75 Å². The van der Waals surface area contributed by atoms with Gasteiger partial charge in [-0.3, -0.25) is 9.89 Å². The van der Waals surface area contributed by atoms with Crippen molar-refractivity contribution in [3.63, 3.8) is 0 Å². The van der Waals surface area contributed by atoms with Crippen LogP contribution in [0.2, 0.25) is 0 Å². The van der Waals surface area contributed by atoms with Gasteiger partial charge in [-0.25, -0.2) is 8.42 Å². The van der Waals surface area contributed by atoms with E-state index < -0.39 is 10.0 Å². The maximum absolute atomic E-state index is 12.6. The van der Waals surface area contributed by atoms with Crippen molar-refractivity contribution in [2.45, 2.75) is 31.7 Å². The molecule has 1 aromatic heterocycles. The number of aromatic nitrogens is 1. The largest absolute Gasteiger partial charge is 0.379 e. The molecule has 0 bridgehead atoms. The molecule has 3 rings (SSSR count). The van der Waals surface area contributed by atoms with Crippen molar-refractivity contribution in [3.8, 4) is 0 Å². The summed E-state index contributed by atoms with van der Waals surface area (Å²) in [5, 5.41) is 7.15. The molecule has 0 radical (unpaired) electrons. The maximum atomic E-state index is 12.6. The lowest BCUT2D eigenvalue weighted by Gasteiger charge is -2.39. The van der Waals surface area contributed by atoms with Crippen LogP contribution in [0, 0.1) is 0 Å². The van der Waals surface area contributed by atoms with E-state index in [4.69, 9.17) is 9.26 Å². The monoisotopic (exact) mass is 428 g/mol. The second kappa shape index (κ2) is 9.88. The molecule has 2 saturated heterocycles. The minimum Gasteiger partial charge on any atom is -0.379 e. The van der Waals surface area contributed by atoms with Gasteiger partial charge in [-0.05, 0) is 13.8 Å². The predicted octanol–water partition coefficient (Wildman–Crippen LogP) is -0.193. The Morgan fingerprint density at radius 2 is 2.10 bits per heavy atom. The fourth-order valence-corrected chi connectivity index (χ4v) is 5.28. The Morgan fingerprint density at radius 1 is 1.34 bits per heavy atom. The molecule has 2 aliphatic rings. The summed E-state index contributed by atoms with van der Waals surface area (Å²) in [4.78, 5) is 8.95. The number of nitrogens with zero attached hydrogens (tertiary/aromatic N) is 5. The van der Waals surface area contributed by atoms with Crippen molar-refractivity contribution in [2.24, 2.45) is 4.99 Å². The van der Waals surface area contributed by atoms with Crippen LogP contribution in [-0.4, -0.2) is 105 Å². The van der Waals surface area contributed by atoms with Crippen molar-refractivity contribution < 1.29 is 17.7 Å². The van der Waals surface area contributed by atoms with E-state index in [9.17, 15) is 8.42 Å². The standard InChI is InChI=1S/C18H32N6O4S/c1-15(24-9-11-27-13-16(24)2)12-20-18(19-3)22-5-7-23(8-6-22)29(25,26)14-17-4-10-28-21-17/h4,10,15-16H,5-9,11-14H2,1-3H3,(H,19,20). The Labute approximate surface area is 172 Å². The fraction of sp³-hybridized carbons (Fsp3) is 0.778. The molecule has 0 amide bonds. The second-order valence-electron chi connectivity index (χ2n) is 7.57. The summed E-state index contributed by atoms with van der Waals surface area (Å²) in [5.74, 6) is 0.678. The lowest BCUT2D eigenvalue weighted by atomic mass is 10.2. The summed E-state index contributed by atoms with van der Waals surface area (Å²) >= 11 is 0. The molecular weight excluding hydrogens is 396 g/mol. The van der Waals surface area contributed by atoms with E-state index >= 15 is 0 Å². The highest BCUT2D eigenvalue weighted by molar-refractivity contribution is 7.88. The Bertz CT molecular complexity index is 761. The van der Waals surface area contributed by atoms with Gasteiger partial charge in [-0.15, -0.1) is 0 Å². The number of hydrogen-bond donors (Lipinski definition) is 1. The molecule has 164 valence electrons. The van der Waals surface area contributed by atoms with Gasteiger partial charge < -0.3 is 19.5 Å². The van der Waals surface area contributed by atoms with Gasteiger partial charge in [0.1, 0.15) is 12.0 Å². The van der Waals surface area contributed by atoms with Gasteiger partial charge >= 0.3 is 0 Å². The molecule has 1 aromatic rings. The number of nitrogens with one attached hydrogen (secondary N) is 1. The molecule has 2 atom stereocenters. The van der Waals surface area contributed by atoms with Crippen LogP contribution in [0.5, 0.6) is 0 Å². The van der Waals surface area contributed by atoms with E-state index in [1.165, 1.54) is 10.6 Å². The molecular formula is C18H32N6O4S. The molecule has 1 N–H and O–H groups in total. The third-order valence-corrected chi connectivity index (χ3v) is 7.32. The second-order valence-corrected chi connectivity index (χ2v) is 9.54. The number of guanidine groups is 1. The van der Waals surface area contributed by atoms with Crippen LogP contribution in [0.3, 0.4) is 0 Å². The number of ether oxygens (including phenoxy) is 1. The molecule has 0 aromatic carbocycles. The first-order valence-corrected chi connectivity index (χ1v) is 11.7. The number of sulfonamides is 1. The van der Waals surface area contributed by atoms with Crippen LogP contribution >= 0.6 is 0 Å². The summed E-state index contributed by atoms with van der Waals surface area (Å²) < 4.78 is 36.9. The minimum absolute atomic E-state index is 0.133. The van der Waals surface area contributed by atoms with Crippen LogP contribution in [0.25, 0.3) is 0 Å². The number of aliphatic imine (C=N–C) groups is 1. The molecule has 2 fully saturated rings. The lowest BCUT2D eigenvalue weighted by Crippen LogP contribution is -2.56. The molecule has 2 aliphatic heterocycles. The van der Waals surface area contributed by atoms with Gasteiger partial charge in [-0.1, -0.05) is 5.16 Å². The number of rotatable bonds is 6. The molecule has 3 heterocycles. The molecule has 2 unspecified atom stereocenters. The van der Waals surface area contributed by atoms with Gasteiger partial charge in [0.15, 0.2) is 5.96 Å². The number of piperazine rings is 1. The lowest BCUT2D eigenvalue weighted by molar-refractivity contribution is -0.0175. The van der Waals surface area contributed by atoms with Crippen LogP contribution in [-0.2, 0) is 20.5 Å². The summed E-state index contributed by atoms with van der Waals surface area (Å²) in [5.41, 5.74) is 0.427. The molecule has 29 heavy (non-hydrogen) atoms. The highest BCUT2D eigenvalue weighted by Crippen LogP contribution is 2.13. The Morgan fingerprint density at radius 3 is 2.72 bits per heavy atom. The van der Waals surface area contributed by atoms with Gasteiger partial charge in [0, 0.05) is 64.5 Å². The summed E-state index contributed by atoms with van der Waals surface area (Å²) in [6, 6.07) is 2.34. The zero-order valence-corrected chi connectivity index (χ0v) is 18.3. The van der Waals surface area contributed by atoms with Gasteiger partial charge in [0.25, 0.3) is 0 Å². The molecule has 10 nitrogen and oxygen atoms in total. The van der Waals surface area contributed by atoms with E-state index in [0.29, 0.717) is 44.0 Å². The summed E-state index contributed by atoms with van der Waals surface area (Å²) in [7, 11) is -1.64. The zero-order chi connectivity index (χ0) is 20.9.